The molecule has 0 unspecified atom stereocenters. The highest BCUT2D eigenvalue weighted by Gasteiger charge is 2.19. The lowest BCUT2D eigenvalue weighted by Crippen LogP contribution is -1.91. The molecule has 4 heteroatoms. The van der Waals surface area contributed by atoms with Gasteiger partial charge in [0.25, 0.3) is 0 Å². The average molecular weight is 390 g/mol. The summed E-state index contributed by atoms with van der Waals surface area (Å²) in [7, 11) is 0. The van der Waals surface area contributed by atoms with E-state index in [0.717, 1.165) is 26.0 Å². The van der Waals surface area contributed by atoms with Gasteiger partial charge in [0, 0.05) is 9.13 Å². The van der Waals surface area contributed by atoms with Crippen LogP contribution >= 0.6 is 22.6 Å². The molecular formula is C17H15IN2O. The van der Waals surface area contributed by atoms with Gasteiger partial charge in [0.1, 0.15) is 0 Å². The molecule has 0 saturated carbocycles. The molecule has 0 fully saturated rings. The molecule has 21 heavy (non-hydrogen) atoms. The Morgan fingerprint density at radius 2 is 1.81 bits per heavy atom. The van der Waals surface area contributed by atoms with E-state index in [0.29, 0.717) is 5.82 Å². The number of anilines is 1. The van der Waals surface area contributed by atoms with Crippen molar-refractivity contribution in [2.45, 2.75) is 13.8 Å². The van der Waals surface area contributed by atoms with Crippen LogP contribution in [0.15, 0.2) is 47.0 Å². The molecule has 0 amide bonds. The zero-order valence-corrected chi connectivity index (χ0v) is 14.0. The predicted molar refractivity (Wildman–Crippen MR) is 94.0 cm³/mol. The van der Waals surface area contributed by atoms with Gasteiger partial charge in [-0.25, -0.2) is 0 Å². The van der Waals surface area contributed by atoms with Crippen molar-refractivity contribution < 1.29 is 4.52 Å². The van der Waals surface area contributed by atoms with Crippen LogP contribution in [0.3, 0.4) is 0 Å². The van der Waals surface area contributed by atoms with Crippen LogP contribution in [0.5, 0.6) is 0 Å². The van der Waals surface area contributed by atoms with E-state index < -0.39 is 0 Å². The summed E-state index contributed by atoms with van der Waals surface area (Å²) in [6.07, 6.45) is 0. The highest BCUT2D eigenvalue weighted by atomic mass is 127. The number of aromatic nitrogens is 1. The number of nitrogens with two attached hydrogens (primary N) is 1. The van der Waals surface area contributed by atoms with Gasteiger partial charge in [-0.2, -0.15) is 0 Å². The fourth-order valence-corrected chi connectivity index (χ4v) is 2.94. The Balaban J connectivity index is 2.22. The van der Waals surface area contributed by atoms with E-state index in [1.807, 2.05) is 24.3 Å². The molecule has 3 aromatic rings. The smallest absolute Gasteiger partial charge is 0.177 e. The van der Waals surface area contributed by atoms with Gasteiger partial charge < -0.3 is 10.3 Å². The maximum Gasteiger partial charge on any atom is 0.177 e. The molecule has 0 aliphatic rings. The summed E-state index contributed by atoms with van der Waals surface area (Å²) in [5, 5.41) is 3.96. The second-order valence-corrected chi connectivity index (χ2v) is 6.21. The van der Waals surface area contributed by atoms with Crippen LogP contribution in [-0.4, -0.2) is 5.16 Å². The van der Waals surface area contributed by atoms with Crippen LogP contribution in [0.25, 0.3) is 22.5 Å². The van der Waals surface area contributed by atoms with Crippen molar-refractivity contribution in [2.75, 3.05) is 5.73 Å². The average Bonchev–Trinajstić information content (AvgIpc) is 2.84. The minimum absolute atomic E-state index is 0.424. The van der Waals surface area contributed by atoms with Crippen molar-refractivity contribution in [2.24, 2.45) is 0 Å². The lowest BCUT2D eigenvalue weighted by atomic mass is 9.98. The molecule has 0 aliphatic carbocycles. The fraction of sp³-hybridized carbons (Fsp3) is 0.118. The monoisotopic (exact) mass is 390 g/mol. The highest BCUT2D eigenvalue weighted by molar-refractivity contribution is 14.1. The normalized spacial score (nSPS) is 10.8. The third kappa shape index (κ3) is 2.55. The number of benzene rings is 2. The molecule has 0 bridgehead atoms. The molecule has 1 heterocycles. The zero-order valence-electron chi connectivity index (χ0n) is 11.9. The largest absolute Gasteiger partial charge is 0.380 e. The Morgan fingerprint density at radius 3 is 2.52 bits per heavy atom. The van der Waals surface area contributed by atoms with Crippen molar-refractivity contribution in [3.05, 3.63) is 57.2 Å². The summed E-state index contributed by atoms with van der Waals surface area (Å²) >= 11 is 2.29. The van der Waals surface area contributed by atoms with Crippen molar-refractivity contribution in [1.82, 2.24) is 5.16 Å². The summed E-state index contributed by atoms with van der Waals surface area (Å²) in [4.78, 5) is 0. The number of halogens is 1. The number of nitrogen functional groups attached to an aromatic ring is 1. The molecule has 2 aromatic carbocycles. The van der Waals surface area contributed by atoms with Crippen LogP contribution < -0.4 is 5.73 Å². The Labute approximate surface area is 137 Å². The number of hydrogen-bond donors (Lipinski definition) is 1. The minimum Gasteiger partial charge on any atom is -0.380 e. The topological polar surface area (TPSA) is 52.0 Å². The minimum atomic E-state index is 0.424. The number of aryl methyl sites for hydroxylation is 2. The van der Waals surface area contributed by atoms with Gasteiger partial charge >= 0.3 is 0 Å². The van der Waals surface area contributed by atoms with E-state index >= 15 is 0 Å². The van der Waals surface area contributed by atoms with Gasteiger partial charge in [0.05, 0.1) is 5.56 Å². The van der Waals surface area contributed by atoms with E-state index in [9.17, 15) is 0 Å². The first-order valence-electron chi connectivity index (χ1n) is 6.65. The van der Waals surface area contributed by atoms with E-state index in [2.05, 4.69) is 59.8 Å². The molecule has 0 spiro atoms. The molecule has 3 rings (SSSR count). The SMILES string of the molecule is Cc1ccc(-c2c(N)noc2-c2ccccc2I)cc1C. The van der Waals surface area contributed by atoms with Gasteiger partial charge in [-0.05, 0) is 59.2 Å². The van der Waals surface area contributed by atoms with E-state index in [1.54, 1.807) is 0 Å². The Kier molecular flexibility index (Phi) is 3.71. The molecule has 1 aromatic heterocycles. The predicted octanol–water partition coefficient (Wildman–Crippen LogP) is 4.81. The molecule has 0 saturated heterocycles. The quantitative estimate of drug-likeness (QED) is 0.639. The number of hydrogen-bond acceptors (Lipinski definition) is 3. The number of nitrogens with zero attached hydrogens (tertiary/aromatic N) is 1. The van der Waals surface area contributed by atoms with Gasteiger partial charge in [-0.1, -0.05) is 41.6 Å². The van der Waals surface area contributed by atoms with E-state index in [4.69, 9.17) is 10.3 Å². The Bertz CT molecular complexity index is 808. The van der Waals surface area contributed by atoms with Crippen molar-refractivity contribution in [1.29, 1.82) is 0 Å². The number of rotatable bonds is 2. The van der Waals surface area contributed by atoms with Gasteiger partial charge in [-0.3, -0.25) is 0 Å². The lowest BCUT2D eigenvalue weighted by molar-refractivity contribution is 0.436. The molecule has 0 aliphatic heterocycles. The first kappa shape index (κ1) is 14.1. The van der Waals surface area contributed by atoms with E-state index in [-0.39, 0.29) is 0 Å². The molecular weight excluding hydrogens is 375 g/mol. The summed E-state index contributed by atoms with van der Waals surface area (Å²) < 4.78 is 6.61. The molecule has 106 valence electrons. The van der Waals surface area contributed by atoms with Gasteiger partial charge in [-0.15, -0.1) is 0 Å². The van der Waals surface area contributed by atoms with Gasteiger partial charge in [0.15, 0.2) is 11.6 Å². The Hall–Kier alpha value is -1.82. The second-order valence-electron chi connectivity index (χ2n) is 5.05. The van der Waals surface area contributed by atoms with Crippen molar-refractivity contribution >= 4 is 28.4 Å². The third-order valence-electron chi connectivity index (χ3n) is 3.63. The van der Waals surface area contributed by atoms with Gasteiger partial charge in [0.2, 0.25) is 0 Å². The fourth-order valence-electron chi connectivity index (χ4n) is 2.31. The standard InChI is InChI=1S/C17H15IN2O/c1-10-7-8-12(9-11(10)2)15-16(21-20-17(15)19)13-5-3-4-6-14(13)18/h3-9H,1-2H3,(H2,19,20). The first-order chi connectivity index (χ1) is 10.1. The van der Waals surface area contributed by atoms with Crippen molar-refractivity contribution in [3.63, 3.8) is 0 Å². The molecule has 0 radical (unpaired) electrons. The second kappa shape index (κ2) is 5.52. The van der Waals surface area contributed by atoms with Crippen LogP contribution in [0.1, 0.15) is 11.1 Å². The lowest BCUT2D eigenvalue weighted by Gasteiger charge is -2.07. The summed E-state index contributed by atoms with van der Waals surface area (Å²) in [5.74, 6) is 1.15. The molecule has 2 N–H and O–H groups in total. The summed E-state index contributed by atoms with van der Waals surface area (Å²) in [6.45, 7) is 4.19. The van der Waals surface area contributed by atoms with E-state index in [1.165, 1.54) is 11.1 Å². The first-order valence-corrected chi connectivity index (χ1v) is 7.73. The zero-order chi connectivity index (χ0) is 15.0. The van der Waals surface area contributed by atoms with Crippen LogP contribution in [0.2, 0.25) is 0 Å². The van der Waals surface area contributed by atoms with Crippen LogP contribution in [0, 0.1) is 17.4 Å². The van der Waals surface area contributed by atoms with Crippen LogP contribution in [-0.2, 0) is 0 Å². The third-order valence-corrected chi connectivity index (χ3v) is 4.57. The van der Waals surface area contributed by atoms with Crippen molar-refractivity contribution in [3.8, 4) is 22.5 Å². The Morgan fingerprint density at radius 1 is 1.05 bits per heavy atom. The molecule has 3 nitrogen and oxygen atoms in total. The maximum atomic E-state index is 6.04. The maximum absolute atomic E-state index is 6.04. The summed E-state index contributed by atoms with van der Waals surface area (Å²) in [6, 6.07) is 14.3. The molecule has 0 atom stereocenters. The highest BCUT2D eigenvalue weighted by Crippen LogP contribution is 2.38. The van der Waals surface area contributed by atoms with Crippen LogP contribution in [0.4, 0.5) is 5.82 Å². The summed E-state index contributed by atoms with van der Waals surface area (Å²) in [5.41, 5.74) is 11.4.